The van der Waals surface area contributed by atoms with Gasteiger partial charge in [0.2, 0.25) is 0 Å². The summed E-state index contributed by atoms with van der Waals surface area (Å²) in [5.74, 6) is 0. The summed E-state index contributed by atoms with van der Waals surface area (Å²) in [7, 11) is 0. The van der Waals surface area contributed by atoms with Crippen molar-refractivity contribution in [1.82, 2.24) is 0 Å². The van der Waals surface area contributed by atoms with E-state index in [1.165, 1.54) is 12.1 Å². The van der Waals surface area contributed by atoms with Crippen LogP contribution in [0.3, 0.4) is 0 Å². The molecule has 0 atom stereocenters. The predicted octanol–water partition coefficient (Wildman–Crippen LogP) is 3.82. The fourth-order valence-electron chi connectivity index (χ4n) is 1.28. The molecule has 0 amide bonds. The molecule has 0 saturated carbocycles. The molecule has 1 aromatic carbocycles. The third-order valence-electron chi connectivity index (χ3n) is 1.81. The minimum Gasteiger partial charge on any atom is -0.166 e. The molecule has 0 bridgehead atoms. The SMILES string of the molecule is C=C(C)Cc1ccccc1C(F)(F)F. The summed E-state index contributed by atoms with van der Waals surface area (Å²) in [6, 6.07) is 5.58. The fraction of sp³-hybridized carbons (Fsp3) is 0.273. The molecule has 0 unspecified atom stereocenters. The lowest BCUT2D eigenvalue weighted by atomic mass is 10.0. The highest BCUT2D eigenvalue weighted by atomic mass is 19.4. The molecule has 0 fully saturated rings. The molecule has 1 rings (SSSR count). The van der Waals surface area contributed by atoms with Gasteiger partial charge in [-0.25, -0.2) is 0 Å². The molecule has 0 N–H and O–H groups in total. The van der Waals surface area contributed by atoms with E-state index >= 15 is 0 Å². The van der Waals surface area contributed by atoms with Crippen molar-refractivity contribution >= 4 is 0 Å². The van der Waals surface area contributed by atoms with E-state index < -0.39 is 11.7 Å². The predicted molar refractivity (Wildman–Crippen MR) is 50.0 cm³/mol. The molecule has 0 aromatic heterocycles. The van der Waals surface area contributed by atoms with Crippen LogP contribution in [0, 0.1) is 0 Å². The molecular weight excluding hydrogens is 189 g/mol. The number of hydrogen-bond donors (Lipinski definition) is 0. The Morgan fingerprint density at radius 1 is 1.29 bits per heavy atom. The van der Waals surface area contributed by atoms with E-state index in [9.17, 15) is 13.2 Å². The van der Waals surface area contributed by atoms with Gasteiger partial charge in [0.15, 0.2) is 0 Å². The van der Waals surface area contributed by atoms with Crippen LogP contribution in [0.1, 0.15) is 18.1 Å². The van der Waals surface area contributed by atoms with E-state index in [4.69, 9.17) is 0 Å². The Bertz CT molecular complexity index is 337. The van der Waals surface area contributed by atoms with Crippen LogP contribution in [-0.4, -0.2) is 0 Å². The van der Waals surface area contributed by atoms with Crippen LogP contribution < -0.4 is 0 Å². The Balaban J connectivity index is 3.10. The maximum Gasteiger partial charge on any atom is 0.416 e. The van der Waals surface area contributed by atoms with Crippen LogP contribution in [0.5, 0.6) is 0 Å². The summed E-state index contributed by atoms with van der Waals surface area (Å²) < 4.78 is 37.4. The van der Waals surface area contributed by atoms with Crippen molar-refractivity contribution in [3.8, 4) is 0 Å². The summed E-state index contributed by atoms with van der Waals surface area (Å²) in [5, 5.41) is 0. The lowest BCUT2D eigenvalue weighted by Crippen LogP contribution is -2.09. The molecular formula is C11H11F3. The molecule has 14 heavy (non-hydrogen) atoms. The smallest absolute Gasteiger partial charge is 0.166 e. The second kappa shape index (κ2) is 3.86. The first kappa shape index (κ1) is 10.8. The number of hydrogen-bond acceptors (Lipinski definition) is 0. The van der Waals surface area contributed by atoms with Crippen molar-refractivity contribution in [2.45, 2.75) is 19.5 Å². The fourth-order valence-corrected chi connectivity index (χ4v) is 1.28. The summed E-state index contributed by atoms with van der Waals surface area (Å²) in [6.07, 6.45) is -4.00. The van der Waals surface area contributed by atoms with Gasteiger partial charge in [-0.3, -0.25) is 0 Å². The van der Waals surface area contributed by atoms with Gasteiger partial charge in [-0.15, -0.1) is 0 Å². The zero-order chi connectivity index (χ0) is 10.8. The van der Waals surface area contributed by atoms with Crippen LogP contribution in [0.4, 0.5) is 13.2 Å². The average Bonchev–Trinajstić information content (AvgIpc) is 2.01. The molecule has 0 saturated heterocycles. The van der Waals surface area contributed by atoms with E-state index in [0.29, 0.717) is 0 Å². The highest BCUT2D eigenvalue weighted by Gasteiger charge is 2.32. The van der Waals surface area contributed by atoms with Gasteiger partial charge >= 0.3 is 6.18 Å². The van der Waals surface area contributed by atoms with Gasteiger partial charge in [-0.2, -0.15) is 13.2 Å². The molecule has 0 radical (unpaired) electrons. The largest absolute Gasteiger partial charge is 0.416 e. The minimum atomic E-state index is -4.27. The van der Waals surface area contributed by atoms with Crippen molar-refractivity contribution in [3.63, 3.8) is 0 Å². The van der Waals surface area contributed by atoms with E-state index in [0.717, 1.165) is 11.6 Å². The average molecular weight is 200 g/mol. The van der Waals surface area contributed by atoms with Crippen LogP contribution in [0.15, 0.2) is 36.4 Å². The first-order valence-corrected chi connectivity index (χ1v) is 4.20. The van der Waals surface area contributed by atoms with Crippen molar-refractivity contribution < 1.29 is 13.2 Å². The Morgan fingerprint density at radius 2 is 1.86 bits per heavy atom. The highest BCUT2D eigenvalue weighted by molar-refractivity contribution is 5.32. The number of alkyl halides is 3. The number of halogens is 3. The standard InChI is InChI=1S/C11H11F3/c1-8(2)7-9-5-3-4-6-10(9)11(12,13)14/h3-6H,1,7H2,2H3. The summed E-state index contributed by atoms with van der Waals surface area (Å²) in [6.45, 7) is 5.32. The molecule has 1 aromatic rings. The molecule has 0 aliphatic rings. The summed E-state index contributed by atoms with van der Waals surface area (Å²) in [4.78, 5) is 0. The number of rotatable bonds is 2. The maximum atomic E-state index is 12.5. The van der Waals surface area contributed by atoms with Gasteiger partial charge in [0.05, 0.1) is 5.56 Å². The van der Waals surface area contributed by atoms with Gasteiger partial charge in [-0.1, -0.05) is 30.4 Å². The number of allylic oxidation sites excluding steroid dienone is 1. The van der Waals surface area contributed by atoms with Crippen molar-refractivity contribution in [3.05, 3.63) is 47.5 Å². The molecule has 0 aliphatic carbocycles. The molecule has 3 heteroatoms. The molecule has 0 aliphatic heterocycles. The third-order valence-corrected chi connectivity index (χ3v) is 1.81. The first-order valence-electron chi connectivity index (χ1n) is 4.20. The van der Waals surface area contributed by atoms with Crippen LogP contribution >= 0.6 is 0 Å². The highest BCUT2D eigenvalue weighted by Crippen LogP contribution is 2.32. The lowest BCUT2D eigenvalue weighted by Gasteiger charge is -2.12. The Hall–Kier alpha value is -1.25. The van der Waals surface area contributed by atoms with Crippen molar-refractivity contribution in [2.24, 2.45) is 0 Å². The molecule has 0 spiro atoms. The van der Waals surface area contributed by atoms with E-state index in [1.54, 1.807) is 13.0 Å². The molecule has 76 valence electrons. The minimum absolute atomic E-state index is 0.273. The van der Waals surface area contributed by atoms with Crippen molar-refractivity contribution in [1.29, 1.82) is 0 Å². The zero-order valence-electron chi connectivity index (χ0n) is 7.86. The lowest BCUT2D eigenvalue weighted by molar-refractivity contribution is -0.138. The Labute approximate surface area is 81.1 Å². The number of benzene rings is 1. The zero-order valence-corrected chi connectivity index (χ0v) is 7.86. The van der Waals surface area contributed by atoms with Gasteiger partial charge in [0, 0.05) is 0 Å². The van der Waals surface area contributed by atoms with Crippen LogP contribution in [0.2, 0.25) is 0 Å². The van der Waals surface area contributed by atoms with E-state index in [2.05, 4.69) is 6.58 Å². The quantitative estimate of drug-likeness (QED) is 0.636. The normalized spacial score (nSPS) is 11.4. The second-order valence-electron chi connectivity index (χ2n) is 3.29. The van der Waals surface area contributed by atoms with E-state index in [1.807, 2.05) is 0 Å². The Morgan fingerprint density at radius 3 is 2.36 bits per heavy atom. The van der Waals surface area contributed by atoms with Crippen LogP contribution in [-0.2, 0) is 12.6 Å². The topological polar surface area (TPSA) is 0 Å². The third kappa shape index (κ3) is 2.62. The van der Waals surface area contributed by atoms with Gasteiger partial charge < -0.3 is 0 Å². The van der Waals surface area contributed by atoms with Gasteiger partial charge in [-0.05, 0) is 25.0 Å². The summed E-state index contributed by atoms with van der Waals surface area (Å²) in [5.41, 5.74) is 0.442. The van der Waals surface area contributed by atoms with Crippen molar-refractivity contribution in [2.75, 3.05) is 0 Å². The second-order valence-corrected chi connectivity index (χ2v) is 3.29. The van der Waals surface area contributed by atoms with E-state index in [-0.39, 0.29) is 12.0 Å². The van der Waals surface area contributed by atoms with Crippen LogP contribution in [0.25, 0.3) is 0 Å². The first-order chi connectivity index (χ1) is 6.41. The summed E-state index contributed by atoms with van der Waals surface area (Å²) >= 11 is 0. The maximum absolute atomic E-state index is 12.5. The molecule has 0 heterocycles. The van der Waals surface area contributed by atoms with Gasteiger partial charge in [0.25, 0.3) is 0 Å². The molecule has 0 nitrogen and oxygen atoms in total. The Kier molecular flexibility index (Phi) is 2.99. The monoisotopic (exact) mass is 200 g/mol. The van der Waals surface area contributed by atoms with Gasteiger partial charge in [0.1, 0.15) is 0 Å².